The molecule has 0 aromatic carbocycles. The molecule has 104 valence electrons. The first kappa shape index (κ1) is 12.7. The highest BCUT2D eigenvalue weighted by Gasteiger charge is 2.59. The van der Waals surface area contributed by atoms with Crippen LogP contribution in [0.2, 0.25) is 0 Å². The molecule has 0 N–H and O–H groups in total. The van der Waals surface area contributed by atoms with E-state index in [-0.39, 0.29) is 29.9 Å². The molecule has 0 unspecified atom stereocenters. The van der Waals surface area contributed by atoms with Crippen molar-refractivity contribution in [3.8, 4) is 0 Å². The van der Waals surface area contributed by atoms with Gasteiger partial charge in [-0.2, -0.15) is 0 Å². The average Bonchev–Trinajstić information content (AvgIpc) is 2.58. The molecule has 0 amide bonds. The summed E-state index contributed by atoms with van der Waals surface area (Å²) in [6.07, 6.45) is 2.85. The molecule has 0 aromatic heterocycles. The quantitative estimate of drug-likeness (QED) is 0.497. The molecular weight excluding hydrogens is 244 g/mol. The highest BCUT2D eigenvalue weighted by Crippen LogP contribution is 2.50. The Labute approximate surface area is 113 Å². The van der Waals surface area contributed by atoms with Crippen LogP contribution in [0.15, 0.2) is 12.2 Å². The van der Waals surface area contributed by atoms with Gasteiger partial charge in [0.25, 0.3) is 0 Å². The standard InChI is InChI=1S/C15H20O4/c1-8-4-5-10-9(2)14(17)18-13(10)15(3)11(8)6-7-12(16)19-15/h8,10-11,13H,2,4-7H2,1,3H3/t8-,10-,11+,13-,15-/m1/s1. The summed E-state index contributed by atoms with van der Waals surface area (Å²) in [4.78, 5) is 23.5. The molecule has 2 heterocycles. The lowest BCUT2D eigenvalue weighted by molar-refractivity contribution is -0.202. The fourth-order valence-corrected chi connectivity index (χ4v) is 4.14. The summed E-state index contributed by atoms with van der Waals surface area (Å²) in [6.45, 7) is 7.99. The first-order valence-electron chi connectivity index (χ1n) is 7.05. The van der Waals surface area contributed by atoms with Gasteiger partial charge in [0, 0.05) is 23.8 Å². The van der Waals surface area contributed by atoms with Crippen LogP contribution in [0.5, 0.6) is 0 Å². The van der Waals surface area contributed by atoms with Crippen molar-refractivity contribution in [3.63, 3.8) is 0 Å². The van der Waals surface area contributed by atoms with Crippen LogP contribution < -0.4 is 0 Å². The van der Waals surface area contributed by atoms with Crippen molar-refractivity contribution in [2.75, 3.05) is 0 Å². The molecule has 4 heteroatoms. The topological polar surface area (TPSA) is 52.6 Å². The summed E-state index contributed by atoms with van der Waals surface area (Å²) in [5.74, 6) is 0.219. The Morgan fingerprint density at radius 2 is 2.00 bits per heavy atom. The van der Waals surface area contributed by atoms with Gasteiger partial charge in [-0.05, 0) is 32.1 Å². The first-order chi connectivity index (χ1) is 8.93. The van der Waals surface area contributed by atoms with E-state index in [1.807, 2.05) is 6.92 Å². The molecule has 0 spiro atoms. The van der Waals surface area contributed by atoms with E-state index in [1.54, 1.807) is 0 Å². The maximum Gasteiger partial charge on any atom is 0.334 e. The van der Waals surface area contributed by atoms with Crippen LogP contribution in [0.1, 0.15) is 39.5 Å². The molecule has 2 saturated heterocycles. The minimum atomic E-state index is -0.689. The van der Waals surface area contributed by atoms with Gasteiger partial charge in [-0.3, -0.25) is 4.79 Å². The van der Waals surface area contributed by atoms with Gasteiger partial charge in [0.2, 0.25) is 0 Å². The maximum absolute atomic E-state index is 11.8. The molecule has 3 rings (SSSR count). The third-order valence-corrected chi connectivity index (χ3v) is 5.22. The van der Waals surface area contributed by atoms with Crippen molar-refractivity contribution in [2.45, 2.75) is 51.2 Å². The normalized spacial score (nSPS) is 45.9. The lowest BCUT2D eigenvalue weighted by Crippen LogP contribution is -2.55. The van der Waals surface area contributed by atoms with Gasteiger partial charge >= 0.3 is 11.9 Å². The van der Waals surface area contributed by atoms with E-state index in [4.69, 9.17) is 9.47 Å². The summed E-state index contributed by atoms with van der Waals surface area (Å²) in [5.41, 5.74) is -0.147. The third-order valence-electron chi connectivity index (χ3n) is 5.22. The predicted octanol–water partition coefficient (Wildman–Crippen LogP) is 2.23. The summed E-state index contributed by atoms with van der Waals surface area (Å²) in [5, 5.41) is 0. The number of hydrogen-bond donors (Lipinski definition) is 0. The maximum atomic E-state index is 11.8. The van der Waals surface area contributed by atoms with Gasteiger partial charge in [0.15, 0.2) is 0 Å². The van der Waals surface area contributed by atoms with E-state index >= 15 is 0 Å². The average molecular weight is 264 g/mol. The summed E-state index contributed by atoms with van der Waals surface area (Å²) in [6, 6.07) is 0. The molecule has 2 aliphatic heterocycles. The van der Waals surface area contributed by atoms with Crippen LogP contribution in [-0.2, 0) is 19.1 Å². The molecule has 1 aliphatic carbocycles. The zero-order valence-corrected chi connectivity index (χ0v) is 11.5. The zero-order chi connectivity index (χ0) is 13.8. The fourth-order valence-electron chi connectivity index (χ4n) is 4.14. The van der Waals surface area contributed by atoms with Crippen molar-refractivity contribution in [2.24, 2.45) is 17.8 Å². The van der Waals surface area contributed by atoms with E-state index in [9.17, 15) is 9.59 Å². The van der Waals surface area contributed by atoms with E-state index in [1.165, 1.54) is 0 Å². The van der Waals surface area contributed by atoms with Gasteiger partial charge in [0.05, 0.1) is 0 Å². The highest BCUT2D eigenvalue weighted by molar-refractivity contribution is 5.91. The Kier molecular flexibility index (Phi) is 2.73. The molecule has 0 radical (unpaired) electrons. The van der Waals surface area contributed by atoms with E-state index < -0.39 is 5.60 Å². The van der Waals surface area contributed by atoms with Crippen molar-refractivity contribution < 1.29 is 19.1 Å². The molecule has 0 bridgehead atoms. The molecular formula is C15H20O4. The number of hydrogen-bond acceptors (Lipinski definition) is 4. The largest absolute Gasteiger partial charge is 0.455 e. The second-order valence-electron chi connectivity index (χ2n) is 6.32. The summed E-state index contributed by atoms with van der Waals surface area (Å²) >= 11 is 0. The zero-order valence-electron chi connectivity index (χ0n) is 11.5. The molecule has 3 aliphatic rings. The lowest BCUT2D eigenvalue weighted by Gasteiger charge is -2.45. The number of fused-ring (bicyclic) bond motifs is 3. The van der Waals surface area contributed by atoms with Crippen LogP contribution in [0.25, 0.3) is 0 Å². The fraction of sp³-hybridized carbons (Fsp3) is 0.733. The number of ether oxygens (including phenoxy) is 2. The second-order valence-corrected chi connectivity index (χ2v) is 6.32. The Morgan fingerprint density at radius 3 is 2.74 bits per heavy atom. The van der Waals surface area contributed by atoms with Crippen molar-refractivity contribution in [1.82, 2.24) is 0 Å². The Bertz CT molecular complexity index is 455. The van der Waals surface area contributed by atoms with Crippen LogP contribution in [0.3, 0.4) is 0 Å². The van der Waals surface area contributed by atoms with Crippen LogP contribution in [0, 0.1) is 17.8 Å². The monoisotopic (exact) mass is 264 g/mol. The number of carbonyl (C=O) groups excluding carboxylic acids is 2. The molecule has 0 aromatic rings. The minimum Gasteiger partial charge on any atom is -0.455 e. The van der Waals surface area contributed by atoms with E-state index in [0.29, 0.717) is 17.9 Å². The number of rotatable bonds is 0. The smallest absolute Gasteiger partial charge is 0.334 e. The SMILES string of the molecule is C=C1C(=O)O[C@@H]2[C@@H]1CC[C@@H](C)[C@@H]1CCC(=O)O[C@@]21C. The number of esters is 2. The Morgan fingerprint density at radius 1 is 1.26 bits per heavy atom. The van der Waals surface area contributed by atoms with E-state index in [2.05, 4.69) is 13.5 Å². The molecule has 5 atom stereocenters. The molecule has 4 nitrogen and oxygen atoms in total. The van der Waals surface area contributed by atoms with Gasteiger partial charge in [0.1, 0.15) is 11.7 Å². The van der Waals surface area contributed by atoms with Gasteiger partial charge < -0.3 is 9.47 Å². The second kappa shape index (κ2) is 4.09. The third kappa shape index (κ3) is 1.72. The van der Waals surface area contributed by atoms with Gasteiger partial charge in [-0.1, -0.05) is 13.5 Å². The minimum absolute atomic E-state index is 0.00384. The Hall–Kier alpha value is -1.32. The van der Waals surface area contributed by atoms with Gasteiger partial charge in [-0.25, -0.2) is 4.79 Å². The first-order valence-corrected chi connectivity index (χ1v) is 7.05. The predicted molar refractivity (Wildman–Crippen MR) is 68.1 cm³/mol. The summed E-state index contributed by atoms with van der Waals surface area (Å²) < 4.78 is 11.2. The number of carbonyl (C=O) groups is 2. The van der Waals surface area contributed by atoms with Crippen LogP contribution >= 0.6 is 0 Å². The van der Waals surface area contributed by atoms with E-state index in [0.717, 1.165) is 19.3 Å². The van der Waals surface area contributed by atoms with Gasteiger partial charge in [-0.15, -0.1) is 0 Å². The molecule has 1 saturated carbocycles. The molecule has 3 fully saturated rings. The summed E-state index contributed by atoms with van der Waals surface area (Å²) in [7, 11) is 0. The Balaban J connectivity index is 2.02. The molecule has 19 heavy (non-hydrogen) atoms. The highest BCUT2D eigenvalue weighted by atomic mass is 16.6. The van der Waals surface area contributed by atoms with Crippen LogP contribution in [0.4, 0.5) is 0 Å². The van der Waals surface area contributed by atoms with Crippen molar-refractivity contribution in [1.29, 1.82) is 0 Å². The lowest BCUT2D eigenvalue weighted by atomic mass is 9.72. The van der Waals surface area contributed by atoms with Crippen molar-refractivity contribution in [3.05, 3.63) is 12.2 Å². The van der Waals surface area contributed by atoms with Crippen LogP contribution in [-0.4, -0.2) is 23.6 Å². The van der Waals surface area contributed by atoms with Crippen molar-refractivity contribution >= 4 is 11.9 Å².